The molecule has 0 unspecified atom stereocenters. The molecule has 0 N–H and O–H groups in total. The van der Waals surface area contributed by atoms with E-state index < -0.39 is 0 Å². The third-order valence-electron chi connectivity index (χ3n) is 2.58. The Morgan fingerprint density at radius 1 is 1.00 bits per heavy atom. The van der Waals surface area contributed by atoms with Gasteiger partial charge in [0.25, 0.3) is 0 Å². The van der Waals surface area contributed by atoms with Crippen molar-refractivity contribution in [3.8, 4) is 0 Å². The summed E-state index contributed by atoms with van der Waals surface area (Å²) in [6, 6.07) is 0. The van der Waals surface area contributed by atoms with Gasteiger partial charge in [-0.1, -0.05) is 0 Å². The van der Waals surface area contributed by atoms with Crippen LogP contribution in [0.4, 0.5) is 0 Å². The van der Waals surface area contributed by atoms with Crippen molar-refractivity contribution in [3.05, 3.63) is 41.2 Å². The maximum absolute atomic E-state index is 10.1. The summed E-state index contributed by atoms with van der Waals surface area (Å²) < 4.78 is 16.0. The summed E-state index contributed by atoms with van der Waals surface area (Å²) in [6.07, 6.45) is 8.68. The van der Waals surface area contributed by atoms with E-state index in [9.17, 15) is 4.91 Å². The Morgan fingerprint density at radius 3 is 2.14 bits per heavy atom. The standard InChI is InChI=1S/C14H21ClN2O4/c15-3-7-19-9-11-21-12-10-20-8-6-17-4-1-14(2-5-17)13-16-18/h1-2,4-5,13H,3,6-12H2. The number of ether oxygens (including phenoxy) is 3. The second kappa shape index (κ2) is 12.5. The van der Waals surface area contributed by atoms with Gasteiger partial charge in [0.15, 0.2) is 0 Å². The molecule has 118 valence electrons. The van der Waals surface area contributed by atoms with Crippen molar-refractivity contribution in [2.45, 2.75) is 0 Å². The lowest BCUT2D eigenvalue weighted by atomic mass is 10.2. The quantitative estimate of drug-likeness (QED) is 0.314. The summed E-state index contributed by atoms with van der Waals surface area (Å²) in [5, 5.41) is 2.72. The van der Waals surface area contributed by atoms with E-state index in [-0.39, 0.29) is 0 Å². The minimum Gasteiger partial charge on any atom is -0.378 e. The van der Waals surface area contributed by atoms with Gasteiger partial charge < -0.3 is 19.1 Å². The van der Waals surface area contributed by atoms with Gasteiger partial charge in [-0.2, -0.15) is 0 Å². The molecule has 0 atom stereocenters. The van der Waals surface area contributed by atoms with Crippen LogP contribution in [-0.4, -0.2) is 57.0 Å². The van der Waals surface area contributed by atoms with Crippen molar-refractivity contribution in [2.24, 2.45) is 5.18 Å². The molecule has 0 spiro atoms. The topological polar surface area (TPSA) is 60.4 Å². The molecule has 0 aromatic rings. The largest absolute Gasteiger partial charge is 0.378 e. The highest BCUT2D eigenvalue weighted by molar-refractivity contribution is 6.17. The Balaban J connectivity index is 1.91. The van der Waals surface area contributed by atoms with Crippen LogP contribution in [0.1, 0.15) is 0 Å². The van der Waals surface area contributed by atoms with Gasteiger partial charge in [-0.3, -0.25) is 0 Å². The summed E-state index contributed by atoms with van der Waals surface area (Å²) in [5.41, 5.74) is 0.784. The van der Waals surface area contributed by atoms with E-state index >= 15 is 0 Å². The van der Waals surface area contributed by atoms with Crippen LogP contribution in [0.15, 0.2) is 41.5 Å². The van der Waals surface area contributed by atoms with Crippen molar-refractivity contribution in [3.63, 3.8) is 0 Å². The number of hydrogen-bond donors (Lipinski definition) is 0. The molecule has 0 aliphatic carbocycles. The first-order chi connectivity index (χ1) is 10.4. The van der Waals surface area contributed by atoms with Crippen molar-refractivity contribution >= 4 is 11.6 Å². The van der Waals surface area contributed by atoms with Gasteiger partial charge in [-0.25, -0.2) is 0 Å². The molecule has 0 saturated heterocycles. The number of halogens is 1. The molecule has 0 bridgehead atoms. The average Bonchev–Trinajstić information content (AvgIpc) is 2.51. The first kappa shape index (κ1) is 17.8. The van der Waals surface area contributed by atoms with Crippen molar-refractivity contribution in [1.29, 1.82) is 0 Å². The van der Waals surface area contributed by atoms with E-state index in [4.69, 9.17) is 25.8 Å². The Kier molecular flexibility index (Phi) is 10.6. The van der Waals surface area contributed by atoms with Crippen molar-refractivity contribution < 1.29 is 14.2 Å². The minimum atomic E-state index is 0.505. The lowest BCUT2D eigenvalue weighted by Crippen LogP contribution is -2.19. The highest BCUT2D eigenvalue weighted by atomic mass is 35.5. The third kappa shape index (κ3) is 9.36. The van der Waals surface area contributed by atoms with Gasteiger partial charge in [-0.15, -0.1) is 16.5 Å². The molecule has 7 heteroatoms. The first-order valence-corrected chi connectivity index (χ1v) is 7.34. The highest BCUT2D eigenvalue weighted by Crippen LogP contribution is 2.08. The third-order valence-corrected chi connectivity index (χ3v) is 2.73. The molecule has 1 aliphatic rings. The van der Waals surface area contributed by atoms with Crippen LogP contribution in [0.25, 0.3) is 0 Å². The Morgan fingerprint density at radius 2 is 1.57 bits per heavy atom. The fourth-order valence-corrected chi connectivity index (χ4v) is 1.64. The van der Waals surface area contributed by atoms with E-state index in [0.717, 1.165) is 12.1 Å². The number of allylic oxidation sites excluding steroid dienone is 3. The second-order valence-corrected chi connectivity index (χ2v) is 4.51. The van der Waals surface area contributed by atoms with Crippen LogP contribution >= 0.6 is 11.6 Å². The molecule has 1 aliphatic heterocycles. The van der Waals surface area contributed by atoms with E-state index in [1.807, 2.05) is 29.5 Å². The maximum atomic E-state index is 10.1. The van der Waals surface area contributed by atoms with E-state index in [2.05, 4.69) is 5.18 Å². The van der Waals surface area contributed by atoms with E-state index in [1.54, 1.807) is 0 Å². The van der Waals surface area contributed by atoms with Crippen LogP contribution in [0.2, 0.25) is 0 Å². The fourth-order valence-electron chi connectivity index (χ4n) is 1.53. The number of nitroso groups, excluding NO2 is 1. The number of nitrogens with zero attached hydrogens (tertiary/aromatic N) is 2. The summed E-state index contributed by atoms with van der Waals surface area (Å²) in [5.74, 6) is 0.505. The average molecular weight is 317 g/mol. The van der Waals surface area contributed by atoms with Gasteiger partial charge >= 0.3 is 0 Å². The summed E-state index contributed by atoms with van der Waals surface area (Å²) in [6.45, 7) is 4.11. The lowest BCUT2D eigenvalue weighted by molar-refractivity contribution is 0.0159. The molecule has 0 aromatic heterocycles. The normalized spacial score (nSPS) is 13.8. The molecule has 1 rings (SSSR count). The predicted octanol–water partition coefficient (Wildman–Crippen LogP) is 2.27. The zero-order valence-corrected chi connectivity index (χ0v) is 12.7. The Hall–Kier alpha value is -1.21. The zero-order chi connectivity index (χ0) is 15.2. The molecule has 21 heavy (non-hydrogen) atoms. The molecule has 0 fully saturated rings. The zero-order valence-electron chi connectivity index (χ0n) is 11.9. The van der Waals surface area contributed by atoms with Gasteiger partial charge in [0.05, 0.1) is 45.8 Å². The molecule has 0 radical (unpaired) electrons. The Labute approximate surface area is 130 Å². The lowest BCUT2D eigenvalue weighted by Gasteiger charge is -2.18. The summed E-state index contributed by atoms with van der Waals surface area (Å²) in [4.78, 5) is 12.0. The summed E-state index contributed by atoms with van der Waals surface area (Å²) >= 11 is 5.47. The number of rotatable bonds is 12. The molecular weight excluding hydrogens is 296 g/mol. The molecule has 0 amide bonds. The van der Waals surface area contributed by atoms with Crippen molar-refractivity contribution in [2.75, 3.05) is 52.1 Å². The van der Waals surface area contributed by atoms with Crippen LogP contribution in [0, 0.1) is 4.91 Å². The summed E-state index contributed by atoms with van der Waals surface area (Å²) in [7, 11) is 0. The fraction of sp³-hybridized carbons (Fsp3) is 0.571. The monoisotopic (exact) mass is 316 g/mol. The van der Waals surface area contributed by atoms with Gasteiger partial charge in [-0.05, 0) is 22.9 Å². The van der Waals surface area contributed by atoms with Crippen LogP contribution in [0.3, 0.4) is 0 Å². The molecular formula is C14H21ClN2O4. The first-order valence-electron chi connectivity index (χ1n) is 6.81. The van der Waals surface area contributed by atoms with Crippen LogP contribution < -0.4 is 0 Å². The van der Waals surface area contributed by atoms with Gasteiger partial charge in [0.2, 0.25) is 0 Å². The molecule has 0 saturated carbocycles. The molecule has 0 aromatic carbocycles. The molecule has 1 heterocycles. The molecule has 6 nitrogen and oxygen atoms in total. The van der Waals surface area contributed by atoms with Crippen LogP contribution in [0.5, 0.6) is 0 Å². The number of hydrogen-bond acceptors (Lipinski definition) is 6. The Bertz CT molecular complexity index is 356. The van der Waals surface area contributed by atoms with Gasteiger partial charge in [0.1, 0.15) is 0 Å². The van der Waals surface area contributed by atoms with Crippen molar-refractivity contribution in [1.82, 2.24) is 4.90 Å². The predicted molar refractivity (Wildman–Crippen MR) is 82.0 cm³/mol. The maximum Gasteiger partial charge on any atom is 0.0788 e. The minimum absolute atomic E-state index is 0.505. The highest BCUT2D eigenvalue weighted by Gasteiger charge is 2.00. The smallest absolute Gasteiger partial charge is 0.0788 e. The van der Waals surface area contributed by atoms with E-state index in [1.165, 1.54) is 6.20 Å². The van der Waals surface area contributed by atoms with Crippen LogP contribution in [-0.2, 0) is 14.2 Å². The second-order valence-electron chi connectivity index (χ2n) is 4.13. The van der Waals surface area contributed by atoms with E-state index in [0.29, 0.717) is 45.5 Å². The number of alkyl halides is 1. The van der Waals surface area contributed by atoms with Gasteiger partial charge in [0, 0.05) is 24.8 Å². The SMILES string of the molecule is O=NC=C1C=CN(CCOCCOCCOCCCl)C=C1.